The number of hydrogen-bond donors (Lipinski definition) is 1. The monoisotopic (exact) mass is 351 g/mol. The topological polar surface area (TPSA) is 67.5 Å². The molecule has 0 fully saturated rings. The number of halogens is 1. The summed E-state index contributed by atoms with van der Waals surface area (Å²) in [6, 6.07) is 15.6. The van der Waals surface area contributed by atoms with Crippen LogP contribution >= 0.6 is 11.6 Å². The molecule has 3 aromatic rings. The predicted molar refractivity (Wildman–Crippen MR) is 96.1 cm³/mol. The SMILES string of the molecule is O=C(O)Cn1ncc2c1CN=C(c1ccccc1)c1cc(Cl)ccc1-2. The molecule has 2 heterocycles. The lowest BCUT2D eigenvalue weighted by Gasteiger charge is -2.10. The van der Waals surface area contributed by atoms with Gasteiger partial charge in [0.25, 0.3) is 0 Å². The molecular weight excluding hydrogens is 338 g/mol. The third kappa shape index (κ3) is 2.83. The summed E-state index contributed by atoms with van der Waals surface area (Å²) < 4.78 is 1.49. The lowest BCUT2D eigenvalue weighted by Crippen LogP contribution is -2.13. The number of aromatic nitrogens is 2. The fraction of sp³-hybridized carbons (Fsp3) is 0.105. The Hall–Kier alpha value is -2.92. The summed E-state index contributed by atoms with van der Waals surface area (Å²) in [5.74, 6) is -0.932. The second-order valence-electron chi connectivity index (χ2n) is 5.78. The van der Waals surface area contributed by atoms with Crippen LogP contribution in [0.1, 0.15) is 16.8 Å². The fourth-order valence-corrected chi connectivity index (χ4v) is 3.27. The molecule has 1 aliphatic heterocycles. The van der Waals surface area contributed by atoms with Crippen LogP contribution in [0, 0.1) is 0 Å². The van der Waals surface area contributed by atoms with Crippen LogP contribution in [0.2, 0.25) is 5.02 Å². The summed E-state index contributed by atoms with van der Waals surface area (Å²) in [6.45, 7) is 0.174. The Morgan fingerprint density at radius 3 is 2.68 bits per heavy atom. The quantitative estimate of drug-likeness (QED) is 0.783. The van der Waals surface area contributed by atoms with Gasteiger partial charge < -0.3 is 5.11 Å². The van der Waals surface area contributed by atoms with Crippen molar-refractivity contribution in [2.45, 2.75) is 13.1 Å². The standard InChI is InChI=1S/C19H14ClN3O2/c20-13-6-7-14-15(8-13)19(12-4-2-1-3-5-12)21-10-17-16(14)9-22-23(17)11-18(24)25/h1-9H,10-11H2,(H,24,25). The van der Waals surface area contributed by atoms with E-state index in [2.05, 4.69) is 5.10 Å². The van der Waals surface area contributed by atoms with Crippen molar-refractivity contribution in [2.24, 2.45) is 4.99 Å². The molecule has 0 saturated carbocycles. The first kappa shape index (κ1) is 15.6. The maximum absolute atomic E-state index is 11.1. The third-order valence-corrected chi connectivity index (χ3v) is 4.43. The number of carboxylic acid groups (broad SMARTS) is 1. The molecule has 1 N–H and O–H groups in total. The van der Waals surface area contributed by atoms with Crippen molar-refractivity contribution in [3.8, 4) is 11.1 Å². The van der Waals surface area contributed by atoms with Gasteiger partial charge in [-0.25, -0.2) is 0 Å². The molecule has 0 atom stereocenters. The second-order valence-corrected chi connectivity index (χ2v) is 6.21. The number of fused-ring (bicyclic) bond motifs is 3. The summed E-state index contributed by atoms with van der Waals surface area (Å²) in [4.78, 5) is 15.9. The van der Waals surface area contributed by atoms with Crippen LogP contribution < -0.4 is 0 Å². The minimum absolute atomic E-state index is 0.186. The molecule has 0 spiro atoms. The van der Waals surface area contributed by atoms with E-state index in [-0.39, 0.29) is 6.54 Å². The van der Waals surface area contributed by atoms with Crippen molar-refractivity contribution in [1.29, 1.82) is 0 Å². The van der Waals surface area contributed by atoms with E-state index in [1.807, 2.05) is 48.5 Å². The zero-order valence-electron chi connectivity index (χ0n) is 13.2. The van der Waals surface area contributed by atoms with E-state index in [1.54, 1.807) is 6.20 Å². The molecule has 1 aliphatic rings. The molecule has 6 heteroatoms. The van der Waals surface area contributed by atoms with E-state index in [0.29, 0.717) is 11.6 Å². The minimum Gasteiger partial charge on any atom is -0.480 e. The molecule has 0 unspecified atom stereocenters. The third-order valence-electron chi connectivity index (χ3n) is 4.19. The molecule has 0 aliphatic carbocycles. The highest BCUT2D eigenvalue weighted by Gasteiger charge is 2.23. The van der Waals surface area contributed by atoms with Gasteiger partial charge in [0, 0.05) is 21.7 Å². The number of benzene rings is 2. The first-order valence-electron chi connectivity index (χ1n) is 7.80. The lowest BCUT2D eigenvalue weighted by atomic mass is 9.94. The van der Waals surface area contributed by atoms with Gasteiger partial charge in [-0.2, -0.15) is 5.10 Å². The second kappa shape index (κ2) is 6.18. The van der Waals surface area contributed by atoms with Gasteiger partial charge in [0.15, 0.2) is 0 Å². The molecular formula is C19H14ClN3O2. The zero-order valence-corrected chi connectivity index (χ0v) is 13.9. The maximum atomic E-state index is 11.1. The number of rotatable bonds is 3. The van der Waals surface area contributed by atoms with E-state index in [0.717, 1.165) is 33.7 Å². The normalized spacial score (nSPS) is 12.8. The number of hydrogen-bond acceptors (Lipinski definition) is 3. The minimum atomic E-state index is -0.932. The van der Waals surface area contributed by atoms with E-state index >= 15 is 0 Å². The van der Waals surface area contributed by atoms with Crippen LogP contribution in [0.5, 0.6) is 0 Å². The summed E-state index contributed by atoms with van der Waals surface area (Å²) in [6.07, 6.45) is 1.70. The highest BCUT2D eigenvalue weighted by atomic mass is 35.5. The van der Waals surface area contributed by atoms with Gasteiger partial charge in [-0.05, 0) is 17.7 Å². The molecule has 0 amide bonds. The number of carbonyl (C=O) groups is 1. The van der Waals surface area contributed by atoms with Crippen molar-refractivity contribution in [1.82, 2.24) is 9.78 Å². The van der Waals surface area contributed by atoms with Gasteiger partial charge in [0.1, 0.15) is 6.54 Å². The highest BCUT2D eigenvalue weighted by molar-refractivity contribution is 6.31. The number of aliphatic carboxylic acids is 1. The molecule has 4 rings (SSSR count). The Labute approximate surface area is 149 Å². The molecule has 0 saturated heterocycles. The van der Waals surface area contributed by atoms with Crippen LogP contribution in [0.4, 0.5) is 0 Å². The number of nitrogens with zero attached hydrogens (tertiary/aromatic N) is 3. The van der Waals surface area contributed by atoms with Gasteiger partial charge in [-0.1, -0.05) is 48.0 Å². The average molecular weight is 352 g/mol. The Morgan fingerprint density at radius 2 is 1.92 bits per heavy atom. The van der Waals surface area contributed by atoms with E-state index in [9.17, 15) is 4.79 Å². The molecule has 25 heavy (non-hydrogen) atoms. The predicted octanol–water partition coefficient (Wildman–Crippen LogP) is 3.64. The van der Waals surface area contributed by atoms with Crippen LogP contribution in [0.15, 0.2) is 59.7 Å². The Morgan fingerprint density at radius 1 is 1.12 bits per heavy atom. The first-order chi connectivity index (χ1) is 12.1. The maximum Gasteiger partial charge on any atom is 0.325 e. The number of aliphatic imine (C=N–C) groups is 1. The highest BCUT2D eigenvalue weighted by Crippen LogP contribution is 2.34. The van der Waals surface area contributed by atoms with Crippen LogP contribution in [0.25, 0.3) is 11.1 Å². The zero-order chi connectivity index (χ0) is 17.4. The van der Waals surface area contributed by atoms with Crippen molar-refractivity contribution in [3.05, 3.63) is 76.6 Å². The molecule has 0 bridgehead atoms. The van der Waals surface area contributed by atoms with Crippen molar-refractivity contribution < 1.29 is 9.90 Å². The summed E-state index contributed by atoms with van der Waals surface area (Å²) >= 11 is 6.23. The van der Waals surface area contributed by atoms with Crippen LogP contribution in [-0.2, 0) is 17.9 Å². The number of carboxylic acids is 1. The Balaban J connectivity index is 1.93. The van der Waals surface area contributed by atoms with Gasteiger partial charge in [-0.15, -0.1) is 0 Å². The molecule has 0 radical (unpaired) electrons. The summed E-state index contributed by atoms with van der Waals surface area (Å²) in [5, 5.41) is 14.0. The van der Waals surface area contributed by atoms with Gasteiger partial charge in [-0.3, -0.25) is 14.5 Å². The molecule has 1 aromatic heterocycles. The average Bonchev–Trinajstić information content (AvgIpc) is 2.90. The van der Waals surface area contributed by atoms with E-state index in [1.165, 1.54) is 4.68 Å². The van der Waals surface area contributed by atoms with E-state index in [4.69, 9.17) is 21.7 Å². The van der Waals surface area contributed by atoms with Crippen molar-refractivity contribution in [2.75, 3.05) is 0 Å². The molecule has 124 valence electrons. The van der Waals surface area contributed by atoms with Crippen molar-refractivity contribution >= 4 is 23.3 Å². The van der Waals surface area contributed by atoms with E-state index < -0.39 is 5.97 Å². The van der Waals surface area contributed by atoms with Crippen LogP contribution in [0.3, 0.4) is 0 Å². The lowest BCUT2D eigenvalue weighted by molar-refractivity contribution is -0.137. The summed E-state index contributed by atoms with van der Waals surface area (Å²) in [5.41, 5.74) is 5.40. The fourth-order valence-electron chi connectivity index (χ4n) is 3.10. The first-order valence-corrected chi connectivity index (χ1v) is 8.18. The van der Waals surface area contributed by atoms with Gasteiger partial charge in [0.2, 0.25) is 0 Å². The van der Waals surface area contributed by atoms with Gasteiger partial charge >= 0.3 is 5.97 Å². The molecule has 2 aromatic carbocycles. The summed E-state index contributed by atoms with van der Waals surface area (Å²) in [7, 11) is 0. The smallest absolute Gasteiger partial charge is 0.325 e. The Bertz CT molecular complexity index is 993. The largest absolute Gasteiger partial charge is 0.480 e. The van der Waals surface area contributed by atoms with Crippen molar-refractivity contribution in [3.63, 3.8) is 0 Å². The Kier molecular flexibility index (Phi) is 3.86. The van der Waals surface area contributed by atoms with Crippen LogP contribution in [-0.4, -0.2) is 26.6 Å². The van der Waals surface area contributed by atoms with Gasteiger partial charge in [0.05, 0.1) is 24.1 Å². The molecule has 5 nitrogen and oxygen atoms in total.